The molecule has 0 radical (unpaired) electrons. The molecule has 0 bridgehead atoms. The molecule has 134 valence electrons. The monoisotopic (exact) mass is 368 g/mol. The second-order valence-corrected chi connectivity index (χ2v) is 7.26. The highest BCUT2D eigenvalue weighted by atomic mass is 32.2. The molecule has 1 amide bonds. The first-order chi connectivity index (χ1) is 11.8. The summed E-state index contributed by atoms with van der Waals surface area (Å²) < 4.78 is 53.0. The highest BCUT2D eigenvalue weighted by Crippen LogP contribution is 2.26. The summed E-state index contributed by atoms with van der Waals surface area (Å²) in [6.45, 7) is 1.59. The number of rotatable bonds is 6. The summed E-state index contributed by atoms with van der Waals surface area (Å²) in [6, 6.07) is 9.55. The highest BCUT2D eigenvalue weighted by Gasteiger charge is 2.33. The van der Waals surface area contributed by atoms with Crippen molar-refractivity contribution >= 4 is 27.3 Å². The Morgan fingerprint density at radius 3 is 2.16 bits per heavy atom. The first-order valence-corrected chi connectivity index (χ1v) is 9.40. The Labute approximate surface area is 145 Å². The molecule has 5 nitrogen and oxygen atoms in total. The average Bonchev–Trinajstić information content (AvgIpc) is 2.54. The van der Waals surface area contributed by atoms with Crippen molar-refractivity contribution in [3.8, 4) is 0 Å². The van der Waals surface area contributed by atoms with Crippen molar-refractivity contribution in [3.63, 3.8) is 0 Å². The molecule has 1 N–H and O–H groups in total. The Balaban J connectivity index is 2.42. The van der Waals surface area contributed by atoms with Gasteiger partial charge in [0.15, 0.2) is 0 Å². The Morgan fingerprint density at radius 2 is 1.64 bits per heavy atom. The third-order valence-corrected chi connectivity index (χ3v) is 4.72. The molecule has 8 heteroatoms. The number of carbonyl (C=O) groups excluding carboxylic acids is 1. The van der Waals surface area contributed by atoms with Gasteiger partial charge in [-0.25, -0.2) is 17.2 Å². The zero-order chi connectivity index (χ0) is 18.6. The van der Waals surface area contributed by atoms with Crippen LogP contribution in [0.4, 0.5) is 20.2 Å². The molecular formula is C17H18F2N2O3S. The Hall–Kier alpha value is -2.48. The number of benzene rings is 2. The van der Waals surface area contributed by atoms with Gasteiger partial charge >= 0.3 is 0 Å². The maximum atomic E-state index is 14.1. The lowest BCUT2D eigenvalue weighted by molar-refractivity contribution is -0.117. The minimum absolute atomic E-state index is 0.0711. The standard InChI is InChI=1S/C17H18F2N2O3S/c1-3-15(17(22)20-14-10-6-4-8-12(14)18)21(25(2,23)24)16-11-7-5-9-13(16)19/h4-11,15H,3H2,1-2H3,(H,20,22). The molecule has 2 aromatic carbocycles. The van der Waals surface area contributed by atoms with E-state index in [-0.39, 0.29) is 17.8 Å². The van der Waals surface area contributed by atoms with Crippen LogP contribution in [0.25, 0.3) is 0 Å². The number of sulfonamides is 1. The fraction of sp³-hybridized carbons (Fsp3) is 0.235. The zero-order valence-corrected chi connectivity index (χ0v) is 14.6. The molecule has 0 spiro atoms. The van der Waals surface area contributed by atoms with Crippen molar-refractivity contribution in [2.75, 3.05) is 15.9 Å². The molecule has 0 saturated carbocycles. The zero-order valence-electron chi connectivity index (χ0n) is 13.7. The first kappa shape index (κ1) is 18.9. The fourth-order valence-electron chi connectivity index (χ4n) is 2.44. The lowest BCUT2D eigenvalue weighted by Gasteiger charge is -2.30. The third-order valence-electron chi connectivity index (χ3n) is 3.55. The van der Waals surface area contributed by atoms with E-state index in [0.29, 0.717) is 0 Å². The highest BCUT2D eigenvalue weighted by molar-refractivity contribution is 7.92. The SMILES string of the molecule is CCC(C(=O)Nc1ccccc1F)N(c1ccccc1F)S(C)(=O)=O. The molecule has 0 aliphatic carbocycles. The second-order valence-electron chi connectivity index (χ2n) is 5.40. The molecule has 1 atom stereocenters. The van der Waals surface area contributed by atoms with Crippen molar-refractivity contribution in [2.45, 2.75) is 19.4 Å². The van der Waals surface area contributed by atoms with Crippen LogP contribution in [-0.4, -0.2) is 26.6 Å². The van der Waals surface area contributed by atoms with Gasteiger partial charge < -0.3 is 5.32 Å². The van der Waals surface area contributed by atoms with Crippen LogP contribution in [0.3, 0.4) is 0 Å². The van der Waals surface area contributed by atoms with Crippen LogP contribution in [-0.2, 0) is 14.8 Å². The Kier molecular flexibility index (Phi) is 5.73. The van der Waals surface area contributed by atoms with Crippen molar-refractivity contribution < 1.29 is 22.0 Å². The molecule has 0 fully saturated rings. The largest absolute Gasteiger partial charge is 0.322 e. The summed E-state index contributed by atoms with van der Waals surface area (Å²) in [5.41, 5.74) is -0.312. The van der Waals surface area contributed by atoms with Crippen LogP contribution in [0.2, 0.25) is 0 Å². The number of para-hydroxylation sites is 2. The Morgan fingerprint density at radius 1 is 1.08 bits per heavy atom. The molecule has 0 aromatic heterocycles. The topological polar surface area (TPSA) is 66.5 Å². The summed E-state index contributed by atoms with van der Waals surface area (Å²) in [5, 5.41) is 2.36. The number of halogens is 2. The molecule has 2 rings (SSSR count). The molecule has 0 aliphatic heterocycles. The van der Waals surface area contributed by atoms with Crippen LogP contribution in [0.1, 0.15) is 13.3 Å². The lowest BCUT2D eigenvalue weighted by Crippen LogP contribution is -2.47. The van der Waals surface area contributed by atoms with Gasteiger partial charge in [0, 0.05) is 0 Å². The minimum Gasteiger partial charge on any atom is -0.322 e. The van der Waals surface area contributed by atoms with E-state index in [1.807, 2.05) is 0 Å². The first-order valence-electron chi connectivity index (χ1n) is 7.55. The fourth-order valence-corrected chi connectivity index (χ4v) is 3.66. The molecule has 0 saturated heterocycles. The molecule has 25 heavy (non-hydrogen) atoms. The van der Waals surface area contributed by atoms with Crippen LogP contribution in [0, 0.1) is 11.6 Å². The van der Waals surface area contributed by atoms with Crippen LogP contribution >= 0.6 is 0 Å². The van der Waals surface area contributed by atoms with E-state index in [1.165, 1.54) is 42.5 Å². The van der Waals surface area contributed by atoms with E-state index < -0.39 is 33.6 Å². The number of nitrogens with one attached hydrogen (secondary N) is 1. The van der Waals surface area contributed by atoms with Gasteiger partial charge in [-0.1, -0.05) is 31.2 Å². The summed E-state index contributed by atoms with van der Waals surface area (Å²) in [5.74, 6) is -2.17. The van der Waals surface area contributed by atoms with E-state index in [9.17, 15) is 22.0 Å². The Bertz CT molecular complexity index is 872. The van der Waals surface area contributed by atoms with Crippen molar-refractivity contribution in [2.24, 2.45) is 0 Å². The van der Waals surface area contributed by atoms with E-state index in [1.54, 1.807) is 6.92 Å². The van der Waals surface area contributed by atoms with Crippen LogP contribution in [0.15, 0.2) is 48.5 Å². The number of hydrogen-bond donors (Lipinski definition) is 1. The van der Waals surface area contributed by atoms with Crippen molar-refractivity contribution in [1.82, 2.24) is 0 Å². The molecular weight excluding hydrogens is 350 g/mol. The van der Waals surface area contributed by atoms with Crippen molar-refractivity contribution in [1.29, 1.82) is 0 Å². The van der Waals surface area contributed by atoms with E-state index in [2.05, 4.69) is 5.32 Å². The lowest BCUT2D eigenvalue weighted by atomic mass is 10.1. The summed E-state index contributed by atoms with van der Waals surface area (Å²) >= 11 is 0. The number of hydrogen-bond acceptors (Lipinski definition) is 3. The van der Waals surface area contributed by atoms with Gasteiger partial charge in [-0.15, -0.1) is 0 Å². The molecule has 0 aliphatic rings. The minimum atomic E-state index is -3.96. The number of anilines is 2. The summed E-state index contributed by atoms with van der Waals surface area (Å²) in [7, 11) is -3.96. The predicted octanol–water partition coefficient (Wildman–Crippen LogP) is 3.15. The van der Waals surface area contributed by atoms with Gasteiger partial charge in [0.1, 0.15) is 17.7 Å². The number of amides is 1. The average molecular weight is 368 g/mol. The number of nitrogens with zero attached hydrogens (tertiary/aromatic N) is 1. The van der Waals surface area contributed by atoms with E-state index >= 15 is 0 Å². The maximum absolute atomic E-state index is 14.1. The van der Waals surface area contributed by atoms with Gasteiger partial charge in [0.05, 0.1) is 17.6 Å². The van der Waals surface area contributed by atoms with Gasteiger partial charge in [-0.2, -0.15) is 0 Å². The predicted molar refractivity (Wildman–Crippen MR) is 92.8 cm³/mol. The van der Waals surface area contributed by atoms with Gasteiger partial charge in [-0.05, 0) is 30.7 Å². The molecule has 0 heterocycles. The third kappa shape index (κ3) is 4.33. The van der Waals surface area contributed by atoms with E-state index in [0.717, 1.165) is 16.6 Å². The second kappa shape index (κ2) is 7.60. The molecule has 1 unspecified atom stereocenters. The van der Waals surface area contributed by atoms with Crippen molar-refractivity contribution in [3.05, 3.63) is 60.2 Å². The quantitative estimate of drug-likeness (QED) is 0.852. The van der Waals surface area contributed by atoms with Gasteiger partial charge in [0.25, 0.3) is 0 Å². The van der Waals surface area contributed by atoms with Crippen LogP contribution in [0.5, 0.6) is 0 Å². The summed E-state index contributed by atoms with van der Waals surface area (Å²) in [6.07, 6.45) is 0.959. The van der Waals surface area contributed by atoms with E-state index in [4.69, 9.17) is 0 Å². The molecule has 2 aromatic rings. The normalized spacial score (nSPS) is 12.5. The van der Waals surface area contributed by atoms with Crippen LogP contribution < -0.4 is 9.62 Å². The maximum Gasteiger partial charge on any atom is 0.248 e. The van der Waals surface area contributed by atoms with Gasteiger partial charge in [-0.3, -0.25) is 9.10 Å². The van der Waals surface area contributed by atoms with Gasteiger partial charge in [0.2, 0.25) is 15.9 Å². The smallest absolute Gasteiger partial charge is 0.248 e. The number of carbonyl (C=O) groups is 1. The summed E-state index contributed by atoms with van der Waals surface area (Å²) in [4.78, 5) is 12.6.